The summed E-state index contributed by atoms with van der Waals surface area (Å²) in [7, 11) is 1.66. The standard InChI is InChI=1S/C12H14N2O3S/c1-7(15)14(2)11(12(13)18)8-3-4-9-10(5-8)17-6-16-9/h3-5,11H,6H2,1-2H3,(H2,13,18). The zero-order chi connectivity index (χ0) is 13.3. The molecule has 0 spiro atoms. The summed E-state index contributed by atoms with van der Waals surface area (Å²) in [4.78, 5) is 13.2. The molecule has 1 aliphatic heterocycles. The van der Waals surface area contributed by atoms with Crippen molar-refractivity contribution in [2.45, 2.75) is 13.0 Å². The van der Waals surface area contributed by atoms with Crippen LogP contribution in [0.15, 0.2) is 18.2 Å². The van der Waals surface area contributed by atoms with Gasteiger partial charge >= 0.3 is 0 Å². The smallest absolute Gasteiger partial charge is 0.231 e. The zero-order valence-electron chi connectivity index (χ0n) is 10.2. The highest BCUT2D eigenvalue weighted by molar-refractivity contribution is 7.80. The van der Waals surface area contributed by atoms with E-state index < -0.39 is 6.04 Å². The summed E-state index contributed by atoms with van der Waals surface area (Å²) >= 11 is 5.03. The normalized spacial score (nSPS) is 14.1. The number of hydrogen-bond acceptors (Lipinski definition) is 4. The van der Waals surface area contributed by atoms with Gasteiger partial charge in [-0.05, 0) is 17.7 Å². The number of rotatable bonds is 3. The maximum absolute atomic E-state index is 11.5. The van der Waals surface area contributed by atoms with E-state index in [0.717, 1.165) is 5.56 Å². The molecule has 1 heterocycles. The molecule has 1 atom stereocenters. The Labute approximate surface area is 110 Å². The number of likely N-dealkylation sites (N-methyl/N-ethyl adjacent to an activating group) is 1. The van der Waals surface area contributed by atoms with Gasteiger partial charge in [0.15, 0.2) is 11.5 Å². The topological polar surface area (TPSA) is 64.8 Å². The molecule has 0 aliphatic carbocycles. The molecular weight excluding hydrogens is 252 g/mol. The van der Waals surface area contributed by atoms with Gasteiger partial charge in [0.2, 0.25) is 12.7 Å². The Morgan fingerprint density at radius 2 is 2.11 bits per heavy atom. The number of hydrogen-bond donors (Lipinski definition) is 1. The van der Waals surface area contributed by atoms with E-state index in [0.29, 0.717) is 11.5 Å². The molecule has 96 valence electrons. The summed E-state index contributed by atoms with van der Waals surface area (Å²) < 4.78 is 10.5. The second kappa shape index (κ2) is 4.81. The SMILES string of the molecule is CC(=O)N(C)C(C(N)=S)c1ccc2c(c1)OCO2. The van der Waals surface area contributed by atoms with Crippen LogP contribution in [0, 0.1) is 0 Å². The van der Waals surface area contributed by atoms with Crippen molar-refractivity contribution < 1.29 is 14.3 Å². The molecule has 0 aromatic heterocycles. The minimum atomic E-state index is -0.438. The lowest BCUT2D eigenvalue weighted by Gasteiger charge is -2.26. The Hall–Kier alpha value is -1.82. The van der Waals surface area contributed by atoms with Gasteiger partial charge in [-0.15, -0.1) is 0 Å². The fourth-order valence-electron chi connectivity index (χ4n) is 1.84. The van der Waals surface area contributed by atoms with Crippen LogP contribution in [0.5, 0.6) is 11.5 Å². The van der Waals surface area contributed by atoms with Gasteiger partial charge in [-0.1, -0.05) is 18.3 Å². The molecule has 1 amide bonds. The fourth-order valence-corrected chi connectivity index (χ4v) is 2.14. The molecule has 0 fully saturated rings. The van der Waals surface area contributed by atoms with Crippen molar-refractivity contribution in [1.82, 2.24) is 4.90 Å². The summed E-state index contributed by atoms with van der Waals surface area (Å²) in [6.45, 7) is 1.68. The van der Waals surface area contributed by atoms with Gasteiger partial charge in [0, 0.05) is 14.0 Å². The Kier molecular flexibility index (Phi) is 3.38. The summed E-state index contributed by atoms with van der Waals surface area (Å²) in [5, 5.41) is 0. The van der Waals surface area contributed by atoms with Crippen LogP contribution in [0.3, 0.4) is 0 Å². The minimum Gasteiger partial charge on any atom is -0.454 e. The van der Waals surface area contributed by atoms with Crippen LogP contribution in [0.1, 0.15) is 18.5 Å². The van der Waals surface area contributed by atoms with E-state index in [1.54, 1.807) is 19.2 Å². The maximum atomic E-state index is 11.5. The van der Waals surface area contributed by atoms with Gasteiger partial charge in [0.05, 0.1) is 0 Å². The second-order valence-corrected chi connectivity index (χ2v) is 4.52. The number of amides is 1. The first-order chi connectivity index (χ1) is 8.50. The van der Waals surface area contributed by atoms with Crippen molar-refractivity contribution in [3.8, 4) is 11.5 Å². The third-order valence-electron chi connectivity index (χ3n) is 2.87. The van der Waals surface area contributed by atoms with Crippen LogP contribution in [0.4, 0.5) is 0 Å². The van der Waals surface area contributed by atoms with E-state index >= 15 is 0 Å². The van der Waals surface area contributed by atoms with Gasteiger partial charge in [0.25, 0.3) is 0 Å². The first-order valence-electron chi connectivity index (χ1n) is 5.43. The number of benzene rings is 1. The van der Waals surface area contributed by atoms with Crippen LogP contribution in [-0.4, -0.2) is 29.6 Å². The highest BCUT2D eigenvalue weighted by atomic mass is 32.1. The Morgan fingerprint density at radius 3 is 2.72 bits per heavy atom. The quantitative estimate of drug-likeness (QED) is 0.833. The molecule has 0 bridgehead atoms. The average molecular weight is 266 g/mol. The Morgan fingerprint density at radius 1 is 1.44 bits per heavy atom. The minimum absolute atomic E-state index is 0.106. The number of nitrogens with zero attached hydrogens (tertiary/aromatic N) is 1. The van der Waals surface area contributed by atoms with Crippen molar-refractivity contribution in [3.05, 3.63) is 23.8 Å². The molecule has 0 saturated carbocycles. The van der Waals surface area contributed by atoms with E-state index in [2.05, 4.69) is 0 Å². The summed E-state index contributed by atoms with van der Waals surface area (Å²) in [5.74, 6) is 1.22. The second-order valence-electron chi connectivity index (χ2n) is 4.05. The molecule has 5 nitrogen and oxygen atoms in total. The summed E-state index contributed by atoms with van der Waals surface area (Å²) in [5.41, 5.74) is 6.53. The fraction of sp³-hybridized carbons (Fsp3) is 0.333. The lowest BCUT2D eigenvalue weighted by atomic mass is 10.0. The molecule has 2 rings (SSSR count). The number of carbonyl (C=O) groups excluding carboxylic acids is 1. The molecule has 1 aromatic rings. The van der Waals surface area contributed by atoms with Gasteiger partial charge < -0.3 is 20.1 Å². The van der Waals surface area contributed by atoms with Crippen molar-refractivity contribution in [2.75, 3.05) is 13.8 Å². The van der Waals surface area contributed by atoms with Crippen LogP contribution in [0.25, 0.3) is 0 Å². The number of fused-ring (bicyclic) bond motifs is 1. The van der Waals surface area contributed by atoms with Crippen molar-refractivity contribution in [1.29, 1.82) is 0 Å². The Balaban J connectivity index is 2.37. The van der Waals surface area contributed by atoms with E-state index in [1.807, 2.05) is 6.07 Å². The molecule has 0 radical (unpaired) electrons. The third-order valence-corrected chi connectivity index (χ3v) is 3.09. The lowest BCUT2D eigenvalue weighted by Crippen LogP contribution is -2.37. The highest BCUT2D eigenvalue weighted by Crippen LogP contribution is 2.35. The first kappa shape index (κ1) is 12.6. The van der Waals surface area contributed by atoms with Gasteiger partial charge in [0.1, 0.15) is 11.0 Å². The van der Waals surface area contributed by atoms with Crippen LogP contribution >= 0.6 is 12.2 Å². The molecule has 1 unspecified atom stereocenters. The first-order valence-corrected chi connectivity index (χ1v) is 5.84. The number of carbonyl (C=O) groups is 1. The molecular formula is C12H14N2O3S. The van der Waals surface area contributed by atoms with E-state index in [4.69, 9.17) is 27.4 Å². The molecule has 2 N–H and O–H groups in total. The molecule has 1 aliphatic rings. The van der Waals surface area contributed by atoms with E-state index in [1.165, 1.54) is 11.8 Å². The Bertz CT molecular complexity index is 504. The predicted molar refractivity (Wildman–Crippen MR) is 70.5 cm³/mol. The van der Waals surface area contributed by atoms with Gasteiger partial charge in [-0.2, -0.15) is 0 Å². The molecule has 6 heteroatoms. The molecule has 1 aromatic carbocycles. The third kappa shape index (κ3) is 2.24. The number of ether oxygens (including phenoxy) is 2. The van der Waals surface area contributed by atoms with E-state index in [9.17, 15) is 4.79 Å². The van der Waals surface area contributed by atoms with Crippen molar-refractivity contribution in [2.24, 2.45) is 5.73 Å². The largest absolute Gasteiger partial charge is 0.454 e. The monoisotopic (exact) mass is 266 g/mol. The van der Waals surface area contributed by atoms with Gasteiger partial charge in [-0.25, -0.2) is 0 Å². The number of thiocarbonyl (C=S) groups is 1. The zero-order valence-corrected chi connectivity index (χ0v) is 11.0. The average Bonchev–Trinajstić information content (AvgIpc) is 2.75. The van der Waals surface area contributed by atoms with Crippen LogP contribution in [-0.2, 0) is 4.79 Å². The summed E-state index contributed by atoms with van der Waals surface area (Å²) in [6, 6.07) is 4.98. The van der Waals surface area contributed by atoms with Crippen LogP contribution in [0.2, 0.25) is 0 Å². The maximum Gasteiger partial charge on any atom is 0.231 e. The molecule has 18 heavy (non-hydrogen) atoms. The summed E-state index contributed by atoms with van der Waals surface area (Å²) in [6.07, 6.45) is 0. The molecule has 0 saturated heterocycles. The predicted octanol–water partition coefficient (Wildman–Crippen LogP) is 1.22. The van der Waals surface area contributed by atoms with Crippen molar-refractivity contribution >= 4 is 23.1 Å². The number of nitrogens with two attached hydrogens (primary N) is 1. The lowest BCUT2D eigenvalue weighted by molar-refractivity contribution is -0.128. The van der Waals surface area contributed by atoms with Gasteiger partial charge in [-0.3, -0.25) is 4.79 Å². The van der Waals surface area contributed by atoms with Crippen LogP contribution < -0.4 is 15.2 Å². The van der Waals surface area contributed by atoms with E-state index in [-0.39, 0.29) is 17.7 Å². The van der Waals surface area contributed by atoms with Crippen molar-refractivity contribution in [3.63, 3.8) is 0 Å². The highest BCUT2D eigenvalue weighted by Gasteiger charge is 2.24.